The number of hydrogen-bond donors (Lipinski definition) is 0. The number of rotatable bonds is 4. The van der Waals surface area contributed by atoms with E-state index in [-0.39, 0.29) is 5.91 Å². The van der Waals surface area contributed by atoms with Crippen molar-refractivity contribution < 1.29 is 4.79 Å². The SMILES string of the molecule is C=CCN(C(=O)c1csc(I)c1)C1CC1. The number of carbonyl (C=O) groups is 1. The van der Waals surface area contributed by atoms with E-state index >= 15 is 0 Å². The minimum atomic E-state index is 0.150. The van der Waals surface area contributed by atoms with Crippen LogP contribution in [0, 0.1) is 2.88 Å². The van der Waals surface area contributed by atoms with Crippen molar-refractivity contribution in [2.75, 3.05) is 6.54 Å². The Morgan fingerprint density at radius 1 is 1.73 bits per heavy atom. The first-order valence-electron chi connectivity index (χ1n) is 4.88. The Hall–Kier alpha value is -0.360. The van der Waals surface area contributed by atoms with Crippen LogP contribution in [-0.2, 0) is 0 Å². The molecule has 0 aliphatic heterocycles. The summed E-state index contributed by atoms with van der Waals surface area (Å²) in [5.41, 5.74) is 0.818. The van der Waals surface area contributed by atoms with Crippen LogP contribution in [-0.4, -0.2) is 23.4 Å². The average molecular weight is 333 g/mol. The fraction of sp³-hybridized carbons (Fsp3) is 0.364. The number of nitrogens with zero attached hydrogens (tertiary/aromatic N) is 1. The maximum atomic E-state index is 12.1. The molecule has 1 aromatic heterocycles. The molecular formula is C11H12INOS. The molecule has 0 saturated heterocycles. The summed E-state index contributed by atoms with van der Waals surface area (Å²) in [6.07, 6.45) is 4.08. The van der Waals surface area contributed by atoms with Gasteiger partial charge in [0.15, 0.2) is 0 Å². The van der Waals surface area contributed by atoms with Crippen molar-refractivity contribution in [2.24, 2.45) is 0 Å². The van der Waals surface area contributed by atoms with Gasteiger partial charge in [-0.25, -0.2) is 0 Å². The van der Waals surface area contributed by atoms with Crippen molar-refractivity contribution in [3.63, 3.8) is 0 Å². The molecule has 0 atom stereocenters. The minimum Gasteiger partial charge on any atom is -0.332 e. The van der Waals surface area contributed by atoms with E-state index in [1.807, 2.05) is 16.3 Å². The lowest BCUT2D eigenvalue weighted by Gasteiger charge is -2.19. The first kappa shape index (κ1) is 11.1. The molecule has 1 heterocycles. The highest BCUT2D eigenvalue weighted by molar-refractivity contribution is 14.1. The molecule has 0 spiro atoms. The molecule has 0 unspecified atom stereocenters. The van der Waals surface area contributed by atoms with Crippen LogP contribution in [0.4, 0.5) is 0 Å². The second kappa shape index (κ2) is 4.65. The zero-order valence-corrected chi connectivity index (χ0v) is 11.3. The summed E-state index contributed by atoms with van der Waals surface area (Å²) in [5.74, 6) is 0.150. The monoisotopic (exact) mass is 333 g/mol. The molecular weight excluding hydrogens is 321 g/mol. The molecule has 2 rings (SSSR count). The van der Waals surface area contributed by atoms with Gasteiger partial charge in [0, 0.05) is 18.0 Å². The van der Waals surface area contributed by atoms with Gasteiger partial charge in [0.2, 0.25) is 0 Å². The van der Waals surface area contributed by atoms with E-state index in [2.05, 4.69) is 29.2 Å². The van der Waals surface area contributed by atoms with Crippen LogP contribution < -0.4 is 0 Å². The first-order chi connectivity index (χ1) is 7.22. The summed E-state index contributed by atoms with van der Waals surface area (Å²) >= 11 is 3.85. The normalized spacial score (nSPS) is 15.0. The van der Waals surface area contributed by atoms with E-state index < -0.39 is 0 Å². The number of halogens is 1. The van der Waals surface area contributed by atoms with Gasteiger partial charge in [0.25, 0.3) is 5.91 Å². The van der Waals surface area contributed by atoms with Crippen molar-refractivity contribution in [3.05, 3.63) is 32.5 Å². The van der Waals surface area contributed by atoms with Gasteiger partial charge in [0.1, 0.15) is 0 Å². The topological polar surface area (TPSA) is 20.3 Å². The molecule has 15 heavy (non-hydrogen) atoms. The van der Waals surface area contributed by atoms with Crippen molar-refractivity contribution in [1.29, 1.82) is 0 Å². The maximum absolute atomic E-state index is 12.1. The molecule has 2 nitrogen and oxygen atoms in total. The van der Waals surface area contributed by atoms with Gasteiger partial charge in [-0.15, -0.1) is 17.9 Å². The minimum absolute atomic E-state index is 0.150. The molecule has 80 valence electrons. The Kier molecular flexibility index (Phi) is 3.45. The first-order valence-corrected chi connectivity index (χ1v) is 6.84. The van der Waals surface area contributed by atoms with E-state index in [9.17, 15) is 4.79 Å². The third-order valence-corrected chi connectivity index (χ3v) is 4.18. The molecule has 1 aliphatic rings. The third-order valence-electron chi connectivity index (χ3n) is 2.39. The van der Waals surface area contributed by atoms with Gasteiger partial charge in [0.05, 0.1) is 8.45 Å². The van der Waals surface area contributed by atoms with E-state index in [0.717, 1.165) is 21.3 Å². The number of thiophene rings is 1. The van der Waals surface area contributed by atoms with Crippen molar-refractivity contribution in [2.45, 2.75) is 18.9 Å². The Morgan fingerprint density at radius 3 is 2.93 bits per heavy atom. The highest BCUT2D eigenvalue weighted by Crippen LogP contribution is 2.29. The van der Waals surface area contributed by atoms with Gasteiger partial charge < -0.3 is 4.90 Å². The van der Waals surface area contributed by atoms with Crippen LogP contribution in [0.2, 0.25) is 0 Å². The predicted octanol–water partition coefficient (Wildman–Crippen LogP) is 3.14. The van der Waals surface area contributed by atoms with Crippen LogP contribution >= 0.6 is 33.9 Å². The van der Waals surface area contributed by atoms with E-state index in [4.69, 9.17) is 0 Å². The van der Waals surface area contributed by atoms with Crippen LogP contribution in [0.5, 0.6) is 0 Å². The third kappa shape index (κ3) is 2.60. The van der Waals surface area contributed by atoms with E-state index in [1.54, 1.807) is 17.4 Å². The number of carbonyl (C=O) groups excluding carboxylic acids is 1. The number of amides is 1. The van der Waals surface area contributed by atoms with Gasteiger partial charge >= 0.3 is 0 Å². The average Bonchev–Trinajstić information content (AvgIpc) is 2.96. The quantitative estimate of drug-likeness (QED) is 0.612. The zero-order valence-electron chi connectivity index (χ0n) is 8.28. The zero-order chi connectivity index (χ0) is 10.8. The largest absolute Gasteiger partial charge is 0.332 e. The Bertz CT molecular complexity index is 384. The lowest BCUT2D eigenvalue weighted by molar-refractivity contribution is 0.0763. The Labute approximate surface area is 107 Å². The second-order valence-electron chi connectivity index (χ2n) is 3.62. The summed E-state index contributed by atoms with van der Waals surface area (Å²) in [7, 11) is 0. The molecule has 0 bridgehead atoms. The molecule has 4 heteroatoms. The summed E-state index contributed by atoms with van der Waals surface area (Å²) < 4.78 is 1.16. The molecule has 1 amide bonds. The maximum Gasteiger partial charge on any atom is 0.255 e. The standard InChI is InChI=1S/C11H12INOS/c1-2-5-13(9-3-4-9)11(14)8-6-10(12)15-7-8/h2,6-7,9H,1,3-5H2. The highest BCUT2D eigenvalue weighted by Gasteiger charge is 2.32. The molecule has 0 aromatic carbocycles. The van der Waals surface area contributed by atoms with Gasteiger partial charge in [-0.1, -0.05) is 6.08 Å². The molecule has 0 N–H and O–H groups in total. The summed E-state index contributed by atoms with van der Waals surface area (Å²) in [6.45, 7) is 4.36. The van der Waals surface area contributed by atoms with Gasteiger partial charge in [-0.2, -0.15) is 0 Å². The summed E-state index contributed by atoms with van der Waals surface area (Å²) in [5, 5.41) is 1.93. The highest BCUT2D eigenvalue weighted by atomic mass is 127. The smallest absolute Gasteiger partial charge is 0.255 e. The number of hydrogen-bond acceptors (Lipinski definition) is 2. The molecule has 0 radical (unpaired) electrons. The van der Waals surface area contributed by atoms with Crippen molar-refractivity contribution >= 4 is 39.8 Å². The van der Waals surface area contributed by atoms with E-state index in [0.29, 0.717) is 12.6 Å². The fourth-order valence-electron chi connectivity index (χ4n) is 1.51. The Morgan fingerprint density at radius 2 is 2.47 bits per heavy atom. The molecule has 1 aromatic rings. The van der Waals surface area contributed by atoms with Gasteiger partial charge in [-0.3, -0.25) is 4.79 Å². The fourth-order valence-corrected chi connectivity index (χ4v) is 2.83. The van der Waals surface area contributed by atoms with Crippen LogP contribution in [0.15, 0.2) is 24.1 Å². The van der Waals surface area contributed by atoms with E-state index in [1.165, 1.54) is 0 Å². The lowest BCUT2D eigenvalue weighted by Crippen LogP contribution is -2.32. The summed E-state index contributed by atoms with van der Waals surface area (Å²) in [6, 6.07) is 2.40. The molecule has 1 fully saturated rings. The second-order valence-corrected chi connectivity index (χ2v) is 6.42. The molecule has 1 saturated carbocycles. The van der Waals surface area contributed by atoms with Crippen molar-refractivity contribution in [1.82, 2.24) is 4.90 Å². The van der Waals surface area contributed by atoms with Crippen LogP contribution in [0.25, 0.3) is 0 Å². The lowest BCUT2D eigenvalue weighted by atomic mass is 10.3. The van der Waals surface area contributed by atoms with Crippen LogP contribution in [0.3, 0.4) is 0 Å². The van der Waals surface area contributed by atoms with Crippen molar-refractivity contribution in [3.8, 4) is 0 Å². The summed E-state index contributed by atoms with van der Waals surface area (Å²) in [4.78, 5) is 14.0. The van der Waals surface area contributed by atoms with Crippen LogP contribution in [0.1, 0.15) is 23.2 Å². The predicted molar refractivity (Wildman–Crippen MR) is 71.3 cm³/mol. The van der Waals surface area contributed by atoms with Gasteiger partial charge in [-0.05, 0) is 41.5 Å². The molecule has 1 aliphatic carbocycles. The Balaban J connectivity index is 2.13.